The quantitative estimate of drug-likeness (QED) is 0.648. The monoisotopic (exact) mass is 185 g/mol. The summed E-state index contributed by atoms with van der Waals surface area (Å²) in [6.45, 7) is 3.14. The third-order valence-corrected chi connectivity index (χ3v) is 3.91. The minimum absolute atomic E-state index is 0.0290. The second kappa shape index (κ2) is 4.05. The molecule has 6 heteroatoms. The summed E-state index contributed by atoms with van der Waals surface area (Å²) in [5.74, 6) is 0.276. The Morgan fingerprint density at radius 1 is 1.40 bits per heavy atom. The van der Waals surface area contributed by atoms with Crippen LogP contribution in [0.15, 0.2) is 0 Å². The SMILES string of the molecule is CCS(=O)NS(=O)(=O)CC. The van der Waals surface area contributed by atoms with E-state index in [1.807, 2.05) is 4.13 Å². The van der Waals surface area contributed by atoms with Crippen molar-refractivity contribution in [2.45, 2.75) is 13.8 Å². The van der Waals surface area contributed by atoms with Crippen molar-refractivity contribution in [3.8, 4) is 0 Å². The zero-order valence-electron chi connectivity index (χ0n) is 5.96. The summed E-state index contributed by atoms with van der Waals surface area (Å²) in [6, 6.07) is 0. The highest BCUT2D eigenvalue weighted by molar-refractivity contribution is 8.01. The van der Waals surface area contributed by atoms with Crippen LogP contribution < -0.4 is 4.13 Å². The molecule has 0 aromatic carbocycles. The summed E-state index contributed by atoms with van der Waals surface area (Å²) in [5, 5.41) is 0. The molecule has 0 saturated carbocycles. The van der Waals surface area contributed by atoms with E-state index in [2.05, 4.69) is 0 Å². The average molecular weight is 185 g/mol. The molecular weight excluding hydrogens is 174 g/mol. The Morgan fingerprint density at radius 2 is 1.90 bits per heavy atom. The minimum Gasteiger partial charge on any atom is -0.242 e. The highest BCUT2D eigenvalue weighted by Gasteiger charge is 2.08. The van der Waals surface area contributed by atoms with Crippen LogP contribution in [0.4, 0.5) is 0 Å². The summed E-state index contributed by atoms with van der Waals surface area (Å²) < 4.78 is 33.9. The molecule has 0 heterocycles. The molecule has 0 rings (SSSR count). The number of hydrogen-bond acceptors (Lipinski definition) is 3. The Labute approximate surface area is 63.7 Å². The van der Waals surface area contributed by atoms with Crippen molar-refractivity contribution < 1.29 is 12.6 Å². The Kier molecular flexibility index (Phi) is 4.07. The van der Waals surface area contributed by atoms with Crippen molar-refractivity contribution >= 4 is 21.0 Å². The Hall–Kier alpha value is 0.0600. The summed E-state index contributed by atoms with van der Waals surface area (Å²) >= 11 is 0. The molecule has 0 fully saturated rings. The van der Waals surface area contributed by atoms with Crippen molar-refractivity contribution in [3.63, 3.8) is 0 Å². The maximum absolute atomic E-state index is 10.7. The first-order valence-corrected chi connectivity index (χ1v) is 5.87. The second-order valence-corrected chi connectivity index (χ2v) is 5.36. The summed E-state index contributed by atoms with van der Waals surface area (Å²) in [5.41, 5.74) is 0. The van der Waals surface area contributed by atoms with E-state index in [1.165, 1.54) is 6.92 Å². The molecule has 1 unspecified atom stereocenters. The fourth-order valence-electron chi connectivity index (χ4n) is 0.259. The van der Waals surface area contributed by atoms with Crippen LogP contribution in [0.5, 0.6) is 0 Å². The van der Waals surface area contributed by atoms with Crippen molar-refractivity contribution in [2.24, 2.45) is 0 Å². The molecule has 0 saturated heterocycles. The standard InChI is InChI=1S/C4H11NO3S2/c1-3-9(6)5-10(7,8)4-2/h5H,3-4H2,1-2H3. The molecule has 0 spiro atoms. The van der Waals surface area contributed by atoms with E-state index in [9.17, 15) is 12.6 Å². The zero-order chi connectivity index (χ0) is 8.20. The van der Waals surface area contributed by atoms with E-state index in [0.717, 1.165) is 0 Å². The second-order valence-electron chi connectivity index (χ2n) is 1.62. The van der Waals surface area contributed by atoms with E-state index in [-0.39, 0.29) is 5.75 Å². The molecule has 0 aliphatic carbocycles. The average Bonchev–Trinajstić information content (AvgIpc) is 1.87. The summed E-state index contributed by atoms with van der Waals surface area (Å²) in [7, 11) is -4.72. The maximum atomic E-state index is 10.7. The molecule has 0 bridgehead atoms. The summed E-state index contributed by atoms with van der Waals surface area (Å²) in [6.07, 6.45) is 0. The minimum atomic E-state index is -3.28. The van der Waals surface area contributed by atoms with E-state index in [1.54, 1.807) is 6.92 Å². The molecule has 0 radical (unpaired) electrons. The molecule has 0 amide bonds. The maximum Gasteiger partial charge on any atom is 0.222 e. The molecular formula is C4H11NO3S2. The van der Waals surface area contributed by atoms with Crippen LogP contribution in [-0.2, 0) is 21.0 Å². The van der Waals surface area contributed by atoms with Gasteiger partial charge in [0.15, 0.2) is 0 Å². The number of hydrogen-bond donors (Lipinski definition) is 1. The zero-order valence-corrected chi connectivity index (χ0v) is 7.59. The van der Waals surface area contributed by atoms with Crippen LogP contribution in [0.3, 0.4) is 0 Å². The van der Waals surface area contributed by atoms with E-state index in [0.29, 0.717) is 5.75 Å². The first kappa shape index (κ1) is 10.1. The molecule has 62 valence electrons. The van der Waals surface area contributed by atoms with Gasteiger partial charge in [-0.15, -0.1) is 4.13 Å². The molecule has 10 heavy (non-hydrogen) atoms. The lowest BCUT2D eigenvalue weighted by Crippen LogP contribution is -2.28. The largest absolute Gasteiger partial charge is 0.242 e. The van der Waals surface area contributed by atoms with Crippen LogP contribution in [-0.4, -0.2) is 24.1 Å². The van der Waals surface area contributed by atoms with Crippen molar-refractivity contribution in [1.82, 2.24) is 4.13 Å². The summed E-state index contributed by atoms with van der Waals surface area (Å²) in [4.78, 5) is 0. The first-order chi connectivity index (χ1) is 4.52. The Morgan fingerprint density at radius 3 is 2.20 bits per heavy atom. The lowest BCUT2D eigenvalue weighted by Gasteiger charge is -1.99. The predicted octanol–water partition coefficient (Wildman–Crippen LogP) is -0.391. The third kappa shape index (κ3) is 3.97. The third-order valence-electron chi connectivity index (χ3n) is 0.862. The van der Waals surface area contributed by atoms with E-state index < -0.39 is 21.0 Å². The van der Waals surface area contributed by atoms with Gasteiger partial charge in [0.25, 0.3) is 0 Å². The number of nitrogens with one attached hydrogen (secondary N) is 1. The Bertz CT molecular complexity index is 209. The molecule has 0 aliphatic rings. The smallest absolute Gasteiger partial charge is 0.222 e. The molecule has 1 N–H and O–H groups in total. The molecule has 0 aliphatic heterocycles. The van der Waals surface area contributed by atoms with Crippen LogP contribution in [0.25, 0.3) is 0 Å². The van der Waals surface area contributed by atoms with Gasteiger partial charge in [0.2, 0.25) is 10.0 Å². The highest BCUT2D eigenvalue weighted by Crippen LogP contribution is 1.84. The van der Waals surface area contributed by atoms with Crippen molar-refractivity contribution in [2.75, 3.05) is 11.5 Å². The molecule has 4 nitrogen and oxygen atoms in total. The first-order valence-electron chi connectivity index (χ1n) is 2.90. The molecule has 0 aromatic heterocycles. The van der Waals surface area contributed by atoms with Crippen LogP contribution in [0, 0.1) is 0 Å². The van der Waals surface area contributed by atoms with Gasteiger partial charge in [-0.2, -0.15) is 0 Å². The molecule has 1 atom stereocenters. The number of rotatable bonds is 4. The van der Waals surface area contributed by atoms with Gasteiger partial charge in [-0.1, -0.05) is 6.92 Å². The fourth-order valence-corrected chi connectivity index (χ4v) is 2.34. The lowest BCUT2D eigenvalue weighted by molar-refractivity contribution is 0.594. The fraction of sp³-hybridized carbons (Fsp3) is 1.00. The van der Waals surface area contributed by atoms with Gasteiger partial charge in [-0.25, -0.2) is 12.6 Å². The van der Waals surface area contributed by atoms with Crippen molar-refractivity contribution in [1.29, 1.82) is 0 Å². The van der Waals surface area contributed by atoms with Gasteiger partial charge in [0.05, 0.1) is 5.75 Å². The predicted molar refractivity (Wildman–Crippen MR) is 41.3 cm³/mol. The van der Waals surface area contributed by atoms with Crippen LogP contribution >= 0.6 is 0 Å². The van der Waals surface area contributed by atoms with Crippen molar-refractivity contribution in [3.05, 3.63) is 0 Å². The molecule has 0 aromatic rings. The van der Waals surface area contributed by atoms with Gasteiger partial charge >= 0.3 is 0 Å². The van der Waals surface area contributed by atoms with Gasteiger partial charge in [-0.3, -0.25) is 0 Å². The topological polar surface area (TPSA) is 63.2 Å². The van der Waals surface area contributed by atoms with E-state index >= 15 is 0 Å². The van der Waals surface area contributed by atoms with Crippen LogP contribution in [0.2, 0.25) is 0 Å². The number of sulfonamides is 1. The highest BCUT2D eigenvalue weighted by atomic mass is 32.3. The van der Waals surface area contributed by atoms with Gasteiger partial charge in [0.1, 0.15) is 11.0 Å². The van der Waals surface area contributed by atoms with E-state index in [4.69, 9.17) is 0 Å². The van der Waals surface area contributed by atoms with Gasteiger partial charge in [-0.05, 0) is 6.92 Å². The van der Waals surface area contributed by atoms with Gasteiger partial charge in [0, 0.05) is 5.75 Å². The van der Waals surface area contributed by atoms with Gasteiger partial charge < -0.3 is 0 Å². The normalized spacial score (nSPS) is 15.0. The Balaban J connectivity index is 4.03. The lowest BCUT2D eigenvalue weighted by atomic mass is 11.0. The van der Waals surface area contributed by atoms with Crippen LogP contribution in [0.1, 0.15) is 13.8 Å².